The summed E-state index contributed by atoms with van der Waals surface area (Å²) >= 11 is 0. The van der Waals surface area contributed by atoms with Crippen LogP contribution in [0.25, 0.3) is 5.65 Å². The van der Waals surface area contributed by atoms with E-state index in [2.05, 4.69) is 15.4 Å². The lowest BCUT2D eigenvalue weighted by Crippen LogP contribution is -2.17. The lowest BCUT2D eigenvalue weighted by molar-refractivity contribution is -0.141. The van der Waals surface area contributed by atoms with Gasteiger partial charge in [-0.2, -0.15) is 22.8 Å². The number of nitrogens with zero attached hydrogens (tertiary/aromatic N) is 3. The molecule has 1 aliphatic carbocycles. The predicted octanol–water partition coefficient (Wildman–Crippen LogP) is 2.00. The molecule has 2 aromatic heterocycles. The van der Waals surface area contributed by atoms with Gasteiger partial charge in [-0.15, -0.1) is 0 Å². The quantitative estimate of drug-likeness (QED) is 0.901. The van der Waals surface area contributed by atoms with E-state index in [0.717, 1.165) is 24.6 Å². The zero-order chi connectivity index (χ0) is 14.3. The van der Waals surface area contributed by atoms with Gasteiger partial charge in [0.15, 0.2) is 11.3 Å². The van der Waals surface area contributed by atoms with Crippen LogP contribution in [0, 0.1) is 0 Å². The zero-order valence-electron chi connectivity index (χ0n) is 10.6. The number of rotatable bonds is 4. The number of aromatic nitrogens is 3. The van der Waals surface area contributed by atoms with Gasteiger partial charge in [0.05, 0.1) is 5.69 Å². The fraction of sp³-hybridized carbons (Fsp3) is 0.500. The summed E-state index contributed by atoms with van der Waals surface area (Å²) < 4.78 is 40.0. The molecule has 8 heteroatoms. The Kier molecular flexibility index (Phi) is 3.04. The van der Waals surface area contributed by atoms with E-state index in [1.54, 1.807) is 6.07 Å². The van der Waals surface area contributed by atoms with Crippen LogP contribution >= 0.6 is 0 Å². The molecule has 0 radical (unpaired) electrons. The van der Waals surface area contributed by atoms with Crippen molar-refractivity contribution < 1.29 is 13.2 Å². The maximum Gasteiger partial charge on any atom is 0.433 e. The minimum atomic E-state index is -4.48. The molecule has 20 heavy (non-hydrogen) atoms. The van der Waals surface area contributed by atoms with Gasteiger partial charge >= 0.3 is 6.18 Å². The molecule has 108 valence electrons. The third kappa shape index (κ3) is 2.43. The topological polar surface area (TPSA) is 68.2 Å². The largest absolute Gasteiger partial charge is 0.433 e. The van der Waals surface area contributed by atoms with Crippen LogP contribution in [-0.2, 0) is 6.18 Å². The van der Waals surface area contributed by atoms with E-state index in [1.807, 2.05) is 0 Å². The highest BCUT2D eigenvalue weighted by Crippen LogP contribution is 2.40. The normalized spacial score (nSPS) is 15.8. The van der Waals surface area contributed by atoms with Crippen molar-refractivity contribution in [1.82, 2.24) is 14.6 Å². The van der Waals surface area contributed by atoms with Crippen LogP contribution < -0.4 is 11.1 Å². The Hall–Kier alpha value is -1.83. The van der Waals surface area contributed by atoms with Crippen molar-refractivity contribution in [2.45, 2.75) is 24.9 Å². The number of halogens is 3. The van der Waals surface area contributed by atoms with Crippen molar-refractivity contribution in [3.63, 3.8) is 0 Å². The van der Waals surface area contributed by atoms with E-state index >= 15 is 0 Å². The molecule has 0 aromatic carbocycles. The summed E-state index contributed by atoms with van der Waals surface area (Å²) in [7, 11) is 0. The fourth-order valence-corrected chi connectivity index (χ4v) is 2.04. The summed E-state index contributed by atoms with van der Waals surface area (Å²) in [6.45, 7) is 0.691. The Balaban J connectivity index is 2.10. The molecule has 1 aliphatic rings. The first-order valence-corrected chi connectivity index (χ1v) is 6.41. The van der Waals surface area contributed by atoms with E-state index in [0.29, 0.717) is 19.0 Å². The van der Waals surface area contributed by atoms with Crippen molar-refractivity contribution in [2.75, 3.05) is 18.4 Å². The van der Waals surface area contributed by atoms with Gasteiger partial charge in [0.2, 0.25) is 0 Å². The Morgan fingerprint density at radius 3 is 2.70 bits per heavy atom. The second-order valence-electron chi connectivity index (χ2n) is 4.85. The van der Waals surface area contributed by atoms with Crippen LogP contribution in [-0.4, -0.2) is 27.7 Å². The molecule has 2 heterocycles. The molecule has 0 aliphatic heterocycles. The summed E-state index contributed by atoms with van der Waals surface area (Å²) in [5.74, 6) is 0.619. The van der Waals surface area contributed by atoms with Gasteiger partial charge < -0.3 is 11.1 Å². The standard InChI is InChI=1S/C12H14F3N5/c13-12(14,15)9-6-10(17-4-3-16)20-11(18-9)5-8(19-20)7-1-2-7/h5-7,17H,1-4,16H2. The van der Waals surface area contributed by atoms with Crippen molar-refractivity contribution in [2.24, 2.45) is 5.73 Å². The molecule has 0 spiro atoms. The highest BCUT2D eigenvalue weighted by atomic mass is 19.4. The lowest BCUT2D eigenvalue weighted by Gasteiger charge is -2.11. The van der Waals surface area contributed by atoms with Gasteiger partial charge in [-0.1, -0.05) is 0 Å². The van der Waals surface area contributed by atoms with Crippen LogP contribution in [0.2, 0.25) is 0 Å². The van der Waals surface area contributed by atoms with E-state index in [-0.39, 0.29) is 11.5 Å². The minimum absolute atomic E-state index is 0.209. The number of anilines is 1. The summed E-state index contributed by atoms with van der Waals surface area (Å²) in [4.78, 5) is 3.65. The van der Waals surface area contributed by atoms with Gasteiger partial charge in [-0.3, -0.25) is 0 Å². The van der Waals surface area contributed by atoms with Crippen LogP contribution in [0.3, 0.4) is 0 Å². The van der Waals surface area contributed by atoms with Gasteiger partial charge in [-0.05, 0) is 12.8 Å². The molecular formula is C12H14F3N5. The fourth-order valence-electron chi connectivity index (χ4n) is 2.04. The molecule has 3 rings (SSSR count). The molecule has 5 nitrogen and oxygen atoms in total. The van der Waals surface area contributed by atoms with E-state index in [1.165, 1.54) is 4.52 Å². The van der Waals surface area contributed by atoms with E-state index in [4.69, 9.17) is 5.73 Å². The number of nitrogens with two attached hydrogens (primary N) is 1. The minimum Gasteiger partial charge on any atom is -0.369 e. The summed E-state index contributed by atoms with van der Waals surface area (Å²) in [5, 5.41) is 7.19. The maximum atomic E-state index is 12.9. The first-order valence-electron chi connectivity index (χ1n) is 6.41. The zero-order valence-corrected chi connectivity index (χ0v) is 10.6. The third-order valence-electron chi connectivity index (χ3n) is 3.18. The SMILES string of the molecule is NCCNc1cc(C(F)(F)F)nc2cc(C3CC3)nn12. The smallest absolute Gasteiger partial charge is 0.369 e. The molecule has 0 unspecified atom stereocenters. The van der Waals surface area contributed by atoms with Crippen LogP contribution in [0.5, 0.6) is 0 Å². The molecule has 1 fully saturated rings. The van der Waals surface area contributed by atoms with Crippen LogP contribution in [0.1, 0.15) is 30.1 Å². The first-order chi connectivity index (χ1) is 9.49. The number of alkyl halides is 3. The Bertz CT molecular complexity index is 630. The van der Waals surface area contributed by atoms with E-state index in [9.17, 15) is 13.2 Å². The molecule has 1 saturated carbocycles. The van der Waals surface area contributed by atoms with Crippen molar-refractivity contribution in [3.8, 4) is 0 Å². The monoisotopic (exact) mass is 285 g/mol. The van der Waals surface area contributed by atoms with Gasteiger partial charge in [-0.25, -0.2) is 4.98 Å². The Labute approximate surface area is 113 Å². The molecule has 0 amide bonds. The Morgan fingerprint density at radius 2 is 2.10 bits per heavy atom. The molecule has 0 bridgehead atoms. The highest BCUT2D eigenvalue weighted by Gasteiger charge is 2.34. The average molecular weight is 285 g/mol. The van der Waals surface area contributed by atoms with E-state index < -0.39 is 11.9 Å². The van der Waals surface area contributed by atoms with Crippen molar-refractivity contribution in [3.05, 3.63) is 23.5 Å². The third-order valence-corrected chi connectivity index (χ3v) is 3.18. The van der Waals surface area contributed by atoms with Gasteiger partial charge in [0, 0.05) is 31.1 Å². The molecular weight excluding hydrogens is 271 g/mol. The second-order valence-corrected chi connectivity index (χ2v) is 4.85. The predicted molar refractivity (Wildman–Crippen MR) is 67.5 cm³/mol. The maximum absolute atomic E-state index is 12.9. The highest BCUT2D eigenvalue weighted by molar-refractivity contribution is 5.51. The number of hydrogen-bond acceptors (Lipinski definition) is 4. The molecule has 3 N–H and O–H groups in total. The van der Waals surface area contributed by atoms with Crippen LogP contribution in [0.15, 0.2) is 12.1 Å². The first kappa shape index (κ1) is 13.2. The lowest BCUT2D eigenvalue weighted by atomic mass is 10.3. The number of fused-ring (bicyclic) bond motifs is 1. The van der Waals surface area contributed by atoms with Crippen molar-refractivity contribution in [1.29, 1.82) is 0 Å². The van der Waals surface area contributed by atoms with Gasteiger partial charge in [0.25, 0.3) is 0 Å². The molecule has 2 aromatic rings. The number of hydrogen-bond donors (Lipinski definition) is 2. The summed E-state index contributed by atoms with van der Waals surface area (Å²) in [5.41, 5.74) is 5.46. The molecule has 0 atom stereocenters. The second kappa shape index (κ2) is 4.62. The summed E-state index contributed by atoms with van der Waals surface area (Å²) in [6, 6.07) is 2.59. The average Bonchev–Trinajstić information content (AvgIpc) is 3.14. The summed E-state index contributed by atoms with van der Waals surface area (Å²) in [6.07, 6.45) is -2.42. The van der Waals surface area contributed by atoms with Crippen molar-refractivity contribution >= 4 is 11.5 Å². The van der Waals surface area contributed by atoms with Crippen LogP contribution in [0.4, 0.5) is 19.0 Å². The number of nitrogens with one attached hydrogen (secondary N) is 1. The van der Waals surface area contributed by atoms with Gasteiger partial charge in [0.1, 0.15) is 5.82 Å². The molecule has 0 saturated heterocycles. The Morgan fingerprint density at radius 1 is 1.35 bits per heavy atom.